The van der Waals surface area contributed by atoms with Crippen LogP contribution >= 0.6 is 11.3 Å². The van der Waals surface area contributed by atoms with E-state index in [2.05, 4.69) is 31.1 Å². The summed E-state index contributed by atoms with van der Waals surface area (Å²) in [5.41, 5.74) is 1.29. The number of rotatable bonds is 7. The van der Waals surface area contributed by atoms with Crippen LogP contribution in [0.1, 0.15) is 43.7 Å². The molecular weight excluding hydrogens is 242 g/mol. The van der Waals surface area contributed by atoms with Gasteiger partial charge in [-0.15, -0.1) is 11.3 Å². The highest BCUT2D eigenvalue weighted by Gasteiger charge is 2.31. The minimum absolute atomic E-state index is 0.632. The number of thiazole rings is 1. The molecule has 1 saturated carbocycles. The molecule has 0 saturated heterocycles. The predicted octanol–water partition coefficient (Wildman–Crippen LogP) is 3.05. The Morgan fingerprint density at radius 2 is 2.22 bits per heavy atom. The molecule has 2 rings (SSSR count). The Hall–Kier alpha value is -0.610. The Morgan fingerprint density at radius 1 is 1.50 bits per heavy atom. The van der Waals surface area contributed by atoms with Gasteiger partial charge in [0.25, 0.3) is 0 Å². The summed E-state index contributed by atoms with van der Waals surface area (Å²) in [6, 6.07) is 0.632. The van der Waals surface area contributed by atoms with Gasteiger partial charge < -0.3 is 10.2 Å². The van der Waals surface area contributed by atoms with Crippen molar-refractivity contribution >= 4 is 16.5 Å². The fourth-order valence-corrected chi connectivity index (χ4v) is 3.49. The maximum absolute atomic E-state index is 4.85. The molecule has 1 aromatic heterocycles. The van der Waals surface area contributed by atoms with Crippen molar-refractivity contribution in [3.05, 3.63) is 10.6 Å². The molecule has 102 valence electrons. The van der Waals surface area contributed by atoms with Crippen molar-refractivity contribution in [1.82, 2.24) is 10.3 Å². The molecule has 1 N–H and O–H groups in total. The van der Waals surface area contributed by atoms with E-state index < -0.39 is 0 Å². The molecule has 1 aromatic rings. The van der Waals surface area contributed by atoms with E-state index in [0.29, 0.717) is 6.04 Å². The fourth-order valence-electron chi connectivity index (χ4n) is 2.32. The molecular formula is C14H25N3S. The second-order valence-electron chi connectivity index (χ2n) is 5.34. The van der Waals surface area contributed by atoms with Crippen LogP contribution in [0.3, 0.4) is 0 Å². The summed E-state index contributed by atoms with van der Waals surface area (Å²) in [6.07, 6.45) is 5.05. The van der Waals surface area contributed by atoms with Gasteiger partial charge >= 0.3 is 0 Å². The van der Waals surface area contributed by atoms with Crippen LogP contribution in [0.4, 0.5) is 5.13 Å². The van der Waals surface area contributed by atoms with E-state index >= 15 is 0 Å². The van der Waals surface area contributed by atoms with E-state index in [1.165, 1.54) is 35.0 Å². The van der Waals surface area contributed by atoms with E-state index in [0.717, 1.165) is 18.9 Å². The zero-order valence-electron chi connectivity index (χ0n) is 12.0. The maximum Gasteiger partial charge on any atom is 0.185 e. The van der Waals surface area contributed by atoms with Gasteiger partial charge in [-0.1, -0.05) is 13.3 Å². The lowest BCUT2D eigenvalue weighted by Gasteiger charge is -2.23. The van der Waals surface area contributed by atoms with Gasteiger partial charge in [-0.2, -0.15) is 0 Å². The van der Waals surface area contributed by atoms with Crippen molar-refractivity contribution in [2.45, 2.75) is 52.1 Å². The third-order valence-electron chi connectivity index (χ3n) is 3.81. The summed E-state index contributed by atoms with van der Waals surface area (Å²) in [4.78, 5) is 8.64. The predicted molar refractivity (Wildman–Crippen MR) is 79.5 cm³/mol. The van der Waals surface area contributed by atoms with E-state index in [1.807, 2.05) is 18.4 Å². The standard InChI is InChI=1S/C14H25N3S/c1-5-6-12-13(9-15-3)18-14(16-12)17(4)10(2)11-7-8-11/h10-11,15H,5-9H2,1-4H3. The molecule has 1 atom stereocenters. The highest BCUT2D eigenvalue weighted by atomic mass is 32.1. The minimum Gasteiger partial charge on any atom is -0.348 e. The summed E-state index contributed by atoms with van der Waals surface area (Å²) < 4.78 is 0. The Labute approximate surface area is 115 Å². The van der Waals surface area contributed by atoms with Crippen LogP contribution in [0, 0.1) is 5.92 Å². The van der Waals surface area contributed by atoms with Crippen LogP contribution in [-0.2, 0) is 13.0 Å². The second-order valence-corrected chi connectivity index (χ2v) is 6.40. The number of aryl methyl sites for hydroxylation is 1. The zero-order valence-corrected chi connectivity index (χ0v) is 12.8. The molecule has 1 fully saturated rings. The van der Waals surface area contributed by atoms with Crippen LogP contribution in [-0.4, -0.2) is 25.1 Å². The van der Waals surface area contributed by atoms with Gasteiger partial charge in [0.05, 0.1) is 5.69 Å². The van der Waals surface area contributed by atoms with E-state index in [9.17, 15) is 0 Å². The number of aromatic nitrogens is 1. The summed E-state index contributed by atoms with van der Waals surface area (Å²) in [5, 5.41) is 4.45. The van der Waals surface area contributed by atoms with Gasteiger partial charge in [-0.25, -0.2) is 4.98 Å². The lowest BCUT2D eigenvalue weighted by molar-refractivity contribution is 0.607. The molecule has 0 spiro atoms. The van der Waals surface area contributed by atoms with Gasteiger partial charge in [0.2, 0.25) is 0 Å². The smallest absolute Gasteiger partial charge is 0.185 e. The number of hydrogen-bond acceptors (Lipinski definition) is 4. The average molecular weight is 267 g/mol. The monoisotopic (exact) mass is 267 g/mol. The Kier molecular flexibility index (Phi) is 4.62. The number of hydrogen-bond donors (Lipinski definition) is 1. The molecule has 0 aliphatic heterocycles. The largest absolute Gasteiger partial charge is 0.348 e. The van der Waals surface area contributed by atoms with Crippen LogP contribution < -0.4 is 10.2 Å². The second kappa shape index (κ2) is 6.02. The summed E-state index contributed by atoms with van der Waals surface area (Å²) in [6.45, 7) is 5.49. The van der Waals surface area contributed by atoms with Crippen LogP contribution in [0.25, 0.3) is 0 Å². The first-order chi connectivity index (χ1) is 8.67. The van der Waals surface area contributed by atoms with Crippen molar-refractivity contribution in [2.24, 2.45) is 5.92 Å². The third kappa shape index (κ3) is 3.04. The minimum atomic E-state index is 0.632. The van der Waals surface area contributed by atoms with Crippen molar-refractivity contribution < 1.29 is 0 Å². The molecule has 4 heteroatoms. The lowest BCUT2D eigenvalue weighted by atomic mass is 10.2. The fraction of sp³-hybridized carbons (Fsp3) is 0.786. The van der Waals surface area contributed by atoms with Crippen LogP contribution in [0.15, 0.2) is 0 Å². The molecule has 1 heterocycles. The molecule has 1 unspecified atom stereocenters. The normalized spacial score (nSPS) is 16.9. The molecule has 3 nitrogen and oxygen atoms in total. The molecule has 1 aliphatic rings. The number of anilines is 1. The highest BCUT2D eigenvalue weighted by molar-refractivity contribution is 7.15. The van der Waals surface area contributed by atoms with Gasteiger partial charge in [0.1, 0.15) is 0 Å². The van der Waals surface area contributed by atoms with Gasteiger partial charge in [0.15, 0.2) is 5.13 Å². The van der Waals surface area contributed by atoms with Gasteiger partial charge in [0, 0.05) is 24.5 Å². The molecule has 0 radical (unpaired) electrons. The molecule has 0 amide bonds. The van der Waals surface area contributed by atoms with Crippen LogP contribution in [0.2, 0.25) is 0 Å². The van der Waals surface area contributed by atoms with E-state index in [4.69, 9.17) is 4.98 Å². The first-order valence-corrected chi connectivity index (χ1v) is 7.85. The van der Waals surface area contributed by atoms with Crippen molar-refractivity contribution in [1.29, 1.82) is 0 Å². The third-order valence-corrected chi connectivity index (χ3v) is 5.00. The average Bonchev–Trinajstić information content (AvgIpc) is 3.13. The molecule has 0 bridgehead atoms. The Morgan fingerprint density at radius 3 is 2.78 bits per heavy atom. The van der Waals surface area contributed by atoms with Gasteiger partial charge in [-0.05, 0) is 39.2 Å². The van der Waals surface area contributed by atoms with E-state index in [-0.39, 0.29) is 0 Å². The van der Waals surface area contributed by atoms with Crippen molar-refractivity contribution in [2.75, 3.05) is 19.0 Å². The molecule has 0 aromatic carbocycles. The topological polar surface area (TPSA) is 28.2 Å². The number of nitrogens with zero attached hydrogens (tertiary/aromatic N) is 2. The van der Waals surface area contributed by atoms with Crippen molar-refractivity contribution in [3.8, 4) is 0 Å². The lowest BCUT2D eigenvalue weighted by Crippen LogP contribution is -2.30. The van der Waals surface area contributed by atoms with Crippen molar-refractivity contribution in [3.63, 3.8) is 0 Å². The first-order valence-electron chi connectivity index (χ1n) is 7.03. The molecule has 1 aliphatic carbocycles. The van der Waals surface area contributed by atoms with E-state index in [1.54, 1.807) is 0 Å². The Bertz CT molecular complexity index is 361. The first kappa shape index (κ1) is 13.8. The van der Waals surface area contributed by atoms with Crippen LogP contribution in [0.5, 0.6) is 0 Å². The summed E-state index contributed by atoms with van der Waals surface area (Å²) in [5.74, 6) is 0.890. The quantitative estimate of drug-likeness (QED) is 0.823. The SMILES string of the molecule is CCCc1nc(N(C)C(C)C2CC2)sc1CNC. The summed E-state index contributed by atoms with van der Waals surface area (Å²) in [7, 11) is 4.20. The molecule has 18 heavy (non-hydrogen) atoms. The summed E-state index contributed by atoms with van der Waals surface area (Å²) >= 11 is 1.86. The highest BCUT2D eigenvalue weighted by Crippen LogP contribution is 2.37. The zero-order chi connectivity index (χ0) is 13.1. The Balaban J connectivity index is 2.13. The van der Waals surface area contributed by atoms with Gasteiger partial charge in [-0.3, -0.25) is 0 Å². The maximum atomic E-state index is 4.85. The number of nitrogens with one attached hydrogen (secondary N) is 1.